The number of carbonyl (C=O) groups is 1. The van der Waals surface area contributed by atoms with Crippen LogP contribution in [0, 0.1) is 5.82 Å². The first kappa shape index (κ1) is 13.6. The monoisotopic (exact) mass is 285 g/mol. The highest BCUT2D eigenvalue weighted by atomic mass is 19.1. The molecule has 0 atom stereocenters. The Kier molecular flexibility index (Phi) is 3.60. The molecule has 3 nitrogen and oxygen atoms in total. The molecule has 0 radical (unpaired) electrons. The zero-order valence-corrected chi connectivity index (χ0v) is 11.5. The van der Waals surface area contributed by atoms with Gasteiger partial charge in [-0.1, -0.05) is 30.3 Å². The molecular formula is C17H16FNO2. The summed E-state index contributed by atoms with van der Waals surface area (Å²) < 4.78 is 13.2. The molecule has 1 aliphatic rings. The lowest BCUT2D eigenvalue weighted by atomic mass is 10.1. The molecule has 21 heavy (non-hydrogen) atoms. The van der Waals surface area contributed by atoms with E-state index < -0.39 is 11.6 Å². The van der Waals surface area contributed by atoms with Crippen molar-refractivity contribution in [3.05, 3.63) is 65.0 Å². The molecular weight excluding hydrogens is 269 g/mol. The van der Waals surface area contributed by atoms with Gasteiger partial charge >= 0.3 is 0 Å². The van der Waals surface area contributed by atoms with Crippen molar-refractivity contribution in [3.63, 3.8) is 0 Å². The molecule has 0 aromatic heterocycles. The van der Waals surface area contributed by atoms with Gasteiger partial charge in [-0.3, -0.25) is 4.79 Å². The van der Waals surface area contributed by atoms with E-state index in [-0.39, 0.29) is 18.4 Å². The van der Waals surface area contributed by atoms with E-state index in [4.69, 9.17) is 5.11 Å². The van der Waals surface area contributed by atoms with Crippen LogP contribution in [0.5, 0.6) is 5.75 Å². The van der Waals surface area contributed by atoms with Crippen LogP contribution < -0.4 is 5.32 Å². The lowest BCUT2D eigenvalue weighted by Gasteiger charge is -2.12. The third kappa shape index (κ3) is 3.05. The van der Waals surface area contributed by atoms with Crippen LogP contribution in [-0.4, -0.2) is 17.1 Å². The van der Waals surface area contributed by atoms with Crippen molar-refractivity contribution < 1.29 is 14.3 Å². The van der Waals surface area contributed by atoms with Crippen LogP contribution in [0.1, 0.15) is 16.7 Å². The molecule has 0 aliphatic heterocycles. The molecule has 0 bridgehead atoms. The predicted octanol–water partition coefficient (Wildman–Crippen LogP) is 2.36. The summed E-state index contributed by atoms with van der Waals surface area (Å²) in [4.78, 5) is 12.0. The van der Waals surface area contributed by atoms with Gasteiger partial charge in [-0.15, -0.1) is 0 Å². The van der Waals surface area contributed by atoms with E-state index in [1.807, 2.05) is 12.1 Å². The number of phenols is 1. The molecule has 108 valence electrons. The van der Waals surface area contributed by atoms with E-state index in [0.29, 0.717) is 5.56 Å². The number of rotatable bonds is 3. The fourth-order valence-electron chi connectivity index (χ4n) is 2.79. The second kappa shape index (κ2) is 5.56. The molecule has 1 amide bonds. The number of fused-ring (bicyclic) bond motifs is 1. The van der Waals surface area contributed by atoms with E-state index in [1.54, 1.807) is 6.07 Å². The normalized spacial score (nSPS) is 14.0. The summed E-state index contributed by atoms with van der Waals surface area (Å²) in [5.74, 6) is -1.23. The number of phenolic OH excluding ortho intramolecular Hbond substituents is 1. The maximum atomic E-state index is 13.2. The van der Waals surface area contributed by atoms with E-state index in [1.165, 1.54) is 23.3 Å². The van der Waals surface area contributed by atoms with Crippen LogP contribution in [0.4, 0.5) is 4.39 Å². The third-order valence-electron chi connectivity index (χ3n) is 3.79. The van der Waals surface area contributed by atoms with Crippen LogP contribution in [0.2, 0.25) is 0 Å². The lowest BCUT2D eigenvalue weighted by molar-refractivity contribution is -0.121. The Bertz CT molecular complexity index is 659. The molecule has 2 N–H and O–H groups in total. The molecule has 0 saturated heterocycles. The van der Waals surface area contributed by atoms with Gasteiger partial charge in [0.25, 0.3) is 0 Å². The van der Waals surface area contributed by atoms with Crippen molar-refractivity contribution in [2.24, 2.45) is 0 Å². The molecule has 2 aromatic carbocycles. The first-order valence-electron chi connectivity index (χ1n) is 6.95. The summed E-state index contributed by atoms with van der Waals surface area (Å²) in [6, 6.07) is 12.3. The minimum Gasteiger partial charge on any atom is -0.505 e. The Morgan fingerprint density at radius 3 is 2.48 bits per heavy atom. The topological polar surface area (TPSA) is 49.3 Å². The van der Waals surface area contributed by atoms with Crippen molar-refractivity contribution in [1.82, 2.24) is 5.32 Å². The number of aromatic hydroxyl groups is 1. The zero-order valence-electron chi connectivity index (χ0n) is 11.5. The molecule has 0 heterocycles. The Labute approximate surface area is 122 Å². The third-order valence-corrected chi connectivity index (χ3v) is 3.79. The highest BCUT2D eigenvalue weighted by molar-refractivity contribution is 5.79. The molecule has 0 saturated carbocycles. The quantitative estimate of drug-likeness (QED) is 0.909. The van der Waals surface area contributed by atoms with Crippen LogP contribution in [-0.2, 0) is 24.1 Å². The average molecular weight is 285 g/mol. The van der Waals surface area contributed by atoms with Crippen molar-refractivity contribution in [3.8, 4) is 5.75 Å². The second-order valence-electron chi connectivity index (χ2n) is 5.40. The number of halogens is 1. The largest absolute Gasteiger partial charge is 0.505 e. The number of hydrogen-bond donors (Lipinski definition) is 2. The Hall–Kier alpha value is -2.36. The maximum Gasteiger partial charge on any atom is 0.224 e. The fraction of sp³-hybridized carbons (Fsp3) is 0.235. The predicted molar refractivity (Wildman–Crippen MR) is 77.5 cm³/mol. The van der Waals surface area contributed by atoms with E-state index in [9.17, 15) is 9.18 Å². The first-order valence-corrected chi connectivity index (χ1v) is 6.95. The summed E-state index contributed by atoms with van der Waals surface area (Å²) in [5, 5.41) is 12.1. The molecule has 1 aliphatic carbocycles. The summed E-state index contributed by atoms with van der Waals surface area (Å²) in [7, 11) is 0. The summed E-state index contributed by atoms with van der Waals surface area (Å²) in [6.45, 7) is 0. The van der Waals surface area contributed by atoms with Gasteiger partial charge in [0.1, 0.15) is 0 Å². The first-order chi connectivity index (χ1) is 10.1. The minimum atomic E-state index is -0.700. The number of amides is 1. The number of carbonyl (C=O) groups excluding carboxylic acids is 1. The van der Waals surface area contributed by atoms with Crippen molar-refractivity contribution in [2.45, 2.75) is 25.3 Å². The van der Waals surface area contributed by atoms with Crippen LogP contribution in [0.15, 0.2) is 42.5 Å². The molecule has 0 unspecified atom stereocenters. The average Bonchev–Trinajstić information content (AvgIpc) is 2.84. The number of benzene rings is 2. The van der Waals surface area contributed by atoms with Gasteiger partial charge < -0.3 is 10.4 Å². The SMILES string of the molecule is O=C(Cc1ccc(O)c(F)c1)NC1Cc2ccccc2C1. The van der Waals surface area contributed by atoms with Gasteiger partial charge in [0, 0.05) is 6.04 Å². The maximum absolute atomic E-state index is 13.2. The van der Waals surface area contributed by atoms with Gasteiger partial charge in [0.05, 0.1) is 6.42 Å². The zero-order chi connectivity index (χ0) is 14.8. The van der Waals surface area contributed by atoms with Crippen LogP contribution in [0.25, 0.3) is 0 Å². The van der Waals surface area contributed by atoms with E-state index >= 15 is 0 Å². The standard InChI is InChI=1S/C17H16FNO2/c18-15-7-11(5-6-16(15)20)8-17(21)19-14-9-12-3-1-2-4-13(12)10-14/h1-7,14,20H,8-10H2,(H,19,21). The highest BCUT2D eigenvalue weighted by Crippen LogP contribution is 2.22. The smallest absolute Gasteiger partial charge is 0.224 e. The van der Waals surface area contributed by atoms with Gasteiger partial charge in [-0.2, -0.15) is 0 Å². The van der Waals surface area contributed by atoms with Crippen molar-refractivity contribution in [2.75, 3.05) is 0 Å². The molecule has 0 spiro atoms. The number of hydrogen-bond acceptors (Lipinski definition) is 2. The Morgan fingerprint density at radius 2 is 1.86 bits per heavy atom. The van der Waals surface area contributed by atoms with E-state index in [2.05, 4.69) is 17.4 Å². The Balaban J connectivity index is 1.59. The van der Waals surface area contributed by atoms with Gasteiger partial charge in [0.2, 0.25) is 5.91 Å². The van der Waals surface area contributed by atoms with Crippen LogP contribution in [0.3, 0.4) is 0 Å². The van der Waals surface area contributed by atoms with Gasteiger partial charge in [-0.25, -0.2) is 4.39 Å². The lowest BCUT2D eigenvalue weighted by Crippen LogP contribution is -2.36. The molecule has 4 heteroatoms. The highest BCUT2D eigenvalue weighted by Gasteiger charge is 2.22. The number of nitrogens with one attached hydrogen (secondary N) is 1. The summed E-state index contributed by atoms with van der Waals surface area (Å²) in [5.41, 5.74) is 3.11. The van der Waals surface area contributed by atoms with Crippen molar-refractivity contribution in [1.29, 1.82) is 0 Å². The van der Waals surface area contributed by atoms with E-state index in [0.717, 1.165) is 12.8 Å². The van der Waals surface area contributed by atoms with Crippen LogP contribution >= 0.6 is 0 Å². The molecule has 3 rings (SSSR count). The van der Waals surface area contributed by atoms with Crippen molar-refractivity contribution >= 4 is 5.91 Å². The summed E-state index contributed by atoms with van der Waals surface area (Å²) in [6.07, 6.45) is 1.79. The minimum absolute atomic E-state index is 0.108. The Morgan fingerprint density at radius 1 is 1.19 bits per heavy atom. The fourth-order valence-corrected chi connectivity index (χ4v) is 2.79. The van der Waals surface area contributed by atoms with Gasteiger partial charge in [-0.05, 0) is 41.7 Å². The molecule has 0 fully saturated rings. The second-order valence-corrected chi connectivity index (χ2v) is 5.40. The van der Waals surface area contributed by atoms with Gasteiger partial charge in [0.15, 0.2) is 11.6 Å². The summed E-state index contributed by atoms with van der Waals surface area (Å²) >= 11 is 0. The molecule has 2 aromatic rings.